The Bertz CT molecular complexity index is 819. The molecule has 6 heteroatoms. The van der Waals surface area contributed by atoms with Gasteiger partial charge in [-0.1, -0.05) is 41.7 Å². The first-order valence-corrected chi connectivity index (χ1v) is 9.69. The Kier molecular flexibility index (Phi) is 4.48. The molecule has 1 atom stereocenters. The molecule has 3 heterocycles. The van der Waals surface area contributed by atoms with Crippen LogP contribution in [-0.4, -0.2) is 46.3 Å². The molecule has 3 aromatic rings. The molecule has 0 spiro atoms. The Labute approximate surface area is 152 Å². The van der Waals surface area contributed by atoms with Crippen LogP contribution in [0.2, 0.25) is 0 Å². The number of anilines is 1. The average molecular weight is 356 g/mol. The minimum atomic E-state index is 0.708. The molecule has 0 unspecified atom stereocenters. The summed E-state index contributed by atoms with van der Waals surface area (Å²) in [6, 6.07) is 10.8. The highest BCUT2D eigenvalue weighted by Crippen LogP contribution is 2.31. The minimum Gasteiger partial charge on any atom is -0.351 e. The third kappa shape index (κ3) is 3.41. The quantitative estimate of drug-likeness (QED) is 0.704. The van der Waals surface area contributed by atoms with Crippen molar-refractivity contribution in [2.75, 3.05) is 31.6 Å². The fourth-order valence-corrected chi connectivity index (χ4v) is 4.75. The van der Waals surface area contributed by atoms with Crippen LogP contribution in [0, 0.1) is 12.8 Å². The second-order valence-electron chi connectivity index (χ2n) is 7.11. The van der Waals surface area contributed by atoms with Crippen LogP contribution in [0.1, 0.15) is 17.7 Å². The van der Waals surface area contributed by atoms with Crippen LogP contribution in [0.3, 0.4) is 0 Å². The van der Waals surface area contributed by atoms with Crippen molar-refractivity contribution in [3.05, 3.63) is 41.6 Å². The predicted molar refractivity (Wildman–Crippen MR) is 104 cm³/mol. The zero-order valence-corrected chi connectivity index (χ0v) is 16.0. The van der Waals surface area contributed by atoms with Gasteiger partial charge in [-0.2, -0.15) is 5.10 Å². The Morgan fingerprint density at radius 2 is 2.08 bits per heavy atom. The summed E-state index contributed by atoms with van der Waals surface area (Å²) in [5.74, 6) is 0.708. The molecule has 0 bridgehead atoms. The molecule has 1 saturated heterocycles. The first kappa shape index (κ1) is 16.5. The summed E-state index contributed by atoms with van der Waals surface area (Å²) in [4.78, 5) is 9.68. The van der Waals surface area contributed by atoms with Crippen molar-refractivity contribution in [3.8, 4) is 0 Å². The first-order valence-electron chi connectivity index (χ1n) is 8.87. The number of rotatable bonds is 5. The number of likely N-dealkylation sites (tertiary alicyclic amines) is 1. The zero-order valence-electron chi connectivity index (χ0n) is 15.1. The lowest BCUT2D eigenvalue weighted by Crippen LogP contribution is -2.28. The topological polar surface area (TPSA) is 37.2 Å². The van der Waals surface area contributed by atoms with E-state index < -0.39 is 0 Å². The Morgan fingerprint density at radius 3 is 2.84 bits per heavy atom. The van der Waals surface area contributed by atoms with Gasteiger partial charge >= 0.3 is 0 Å². The fraction of sp³-hybridized carbons (Fsp3) is 0.474. The van der Waals surface area contributed by atoms with Crippen molar-refractivity contribution < 1.29 is 0 Å². The monoisotopic (exact) mass is 355 g/mol. The summed E-state index contributed by atoms with van der Waals surface area (Å²) in [5.41, 5.74) is 3.48. The minimum absolute atomic E-state index is 0.708. The molecule has 1 aliphatic heterocycles. The van der Waals surface area contributed by atoms with E-state index in [2.05, 4.69) is 59.2 Å². The second kappa shape index (κ2) is 6.77. The maximum atomic E-state index is 4.79. The van der Waals surface area contributed by atoms with Crippen molar-refractivity contribution in [2.24, 2.45) is 13.0 Å². The molecule has 0 radical (unpaired) electrons. The van der Waals surface area contributed by atoms with E-state index >= 15 is 0 Å². The zero-order chi connectivity index (χ0) is 17.4. The highest BCUT2D eigenvalue weighted by atomic mass is 32.1. The lowest BCUT2D eigenvalue weighted by Gasteiger charge is -2.21. The van der Waals surface area contributed by atoms with E-state index in [1.165, 1.54) is 29.8 Å². The van der Waals surface area contributed by atoms with Crippen LogP contribution in [0.15, 0.2) is 30.3 Å². The predicted octanol–water partition coefficient (Wildman–Crippen LogP) is 3.30. The summed E-state index contributed by atoms with van der Waals surface area (Å²) >= 11 is 1.76. The van der Waals surface area contributed by atoms with Crippen LogP contribution in [0.4, 0.5) is 5.13 Å². The standard InChI is InChI=1S/C19H25N5S/c1-14-17-18(23(3)21-14)20-19(25-17)22(2)11-16-9-10-24(13-16)12-15-7-5-4-6-8-15/h4-8,16H,9-13H2,1-3H3/t16-/m1/s1. The first-order chi connectivity index (χ1) is 12.1. The van der Waals surface area contributed by atoms with E-state index in [1.54, 1.807) is 11.3 Å². The van der Waals surface area contributed by atoms with Crippen molar-refractivity contribution in [3.63, 3.8) is 0 Å². The van der Waals surface area contributed by atoms with Crippen LogP contribution in [0.25, 0.3) is 10.3 Å². The molecule has 0 saturated carbocycles. The highest BCUT2D eigenvalue weighted by molar-refractivity contribution is 7.22. The molecule has 1 fully saturated rings. The number of aromatic nitrogens is 3. The molecular formula is C19H25N5S. The normalized spacial score (nSPS) is 18.3. The van der Waals surface area contributed by atoms with E-state index in [1.807, 2.05) is 11.7 Å². The van der Waals surface area contributed by atoms with Crippen molar-refractivity contribution in [1.29, 1.82) is 0 Å². The number of nitrogens with zero attached hydrogens (tertiary/aromatic N) is 5. The summed E-state index contributed by atoms with van der Waals surface area (Å²) in [6.07, 6.45) is 1.27. The van der Waals surface area contributed by atoms with Crippen molar-refractivity contribution >= 4 is 26.8 Å². The smallest absolute Gasteiger partial charge is 0.187 e. The van der Waals surface area contributed by atoms with Gasteiger partial charge in [0.05, 0.1) is 10.4 Å². The van der Waals surface area contributed by atoms with Gasteiger partial charge in [0.15, 0.2) is 10.8 Å². The van der Waals surface area contributed by atoms with E-state index in [0.29, 0.717) is 5.92 Å². The van der Waals surface area contributed by atoms with Crippen LogP contribution < -0.4 is 4.90 Å². The van der Waals surface area contributed by atoms with E-state index in [-0.39, 0.29) is 0 Å². The number of hydrogen-bond acceptors (Lipinski definition) is 5. The summed E-state index contributed by atoms with van der Waals surface area (Å²) < 4.78 is 3.09. The number of benzene rings is 1. The number of thiazole rings is 1. The third-order valence-electron chi connectivity index (χ3n) is 5.01. The molecule has 132 valence electrons. The fourth-order valence-electron chi connectivity index (χ4n) is 3.75. The largest absolute Gasteiger partial charge is 0.351 e. The third-order valence-corrected chi connectivity index (χ3v) is 6.28. The molecule has 1 aromatic carbocycles. The Morgan fingerprint density at radius 1 is 1.28 bits per heavy atom. The molecule has 0 amide bonds. The molecule has 25 heavy (non-hydrogen) atoms. The van der Waals surface area contributed by atoms with E-state index in [9.17, 15) is 0 Å². The van der Waals surface area contributed by atoms with Gasteiger partial charge < -0.3 is 4.90 Å². The lowest BCUT2D eigenvalue weighted by atomic mass is 10.1. The SMILES string of the molecule is Cc1nn(C)c2nc(N(C)C[C@H]3CCN(Cc4ccccc4)C3)sc12. The maximum absolute atomic E-state index is 4.79. The molecule has 5 nitrogen and oxygen atoms in total. The van der Waals surface area contributed by atoms with Gasteiger partial charge in [0.25, 0.3) is 0 Å². The van der Waals surface area contributed by atoms with Gasteiger partial charge in [-0.25, -0.2) is 9.67 Å². The highest BCUT2D eigenvalue weighted by Gasteiger charge is 2.25. The van der Waals surface area contributed by atoms with Gasteiger partial charge in [0.1, 0.15) is 0 Å². The summed E-state index contributed by atoms with van der Waals surface area (Å²) in [6.45, 7) is 6.55. The Hall–Kier alpha value is -1.92. The lowest BCUT2D eigenvalue weighted by molar-refractivity contribution is 0.317. The number of hydrogen-bond donors (Lipinski definition) is 0. The van der Waals surface area contributed by atoms with Gasteiger partial charge in [0.2, 0.25) is 0 Å². The Balaban J connectivity index is 1.37. The van der Waals surface area contributed by atoms with Crippen LogP contribution in [0.5, 0.6) is 0 Å². The van der Waals surface area contributed by atoms with Crippen molar-refractivity contribution in [2.45, 2.75) is 19.9 Å². The van der Waals surface area contributed by atoms with Gasteiger partial charge in [0, 0.05) is 33.7 Å². The average Bonchev–Trinajstić information content (AvgIpc) is 3.28. The molecule has 1 aliphatic rings. The molecule has 0 aliphatic carbocycles. The second-order valence-corrected chi connectivity index (χ2v) is 8.09. The van der Waals surface area contributed by atoms with Crippen LogP contribution in [-0.2, 0) is 13.6 Å². The molecule has 0 N–H and O–H groups in total. The van der Waals surface area contributed by atoms with Crippen LogP contribution >= 0.6 is 11.3 Å². The van der Waals surface area contributed by atoms with E-state index in [0.717, 1.165) is 29.6 Å². The van der Waals surface area contributed by atoms with Gasteiger partial charge in [-0.15, -0.1) is 0 Å². The molecule has 2 aromatic heterocycles. The van der Waals surface area contributed by atoms with Gasteiger partial charge in [-0.3, -0.25) is 4.90 Å². The molecular weight excluding hydrogens is 330 g/mol. The van der Waals surface area contributed by atoms with Gasteiger partial charge in [-0.05, 0) is 31.4 Å². The van der Waals surface area contributed by atoms with Crippen molar-refractivity contribution in [1.82, 2.24) is 19.7 Å². The number of fused-ring (bicyclic) bond motifs is 1. The molecule has 4 rings (SSSR count). The summed E-state index contributed by atoms with van der Waals surface area (Å²) in [5, 5.41) is 5.55. The number of aryl methyl sites for hydroxylation is 2. The maximum Gasteiger partial charge on any atom is 0.187 e. The van der Waals surface area contributed by atoms with E-state index in [4.69, 9.17) is 4.98 Å². The summed E-state index contributed by atoms with van der Waals surface area (Å²) in [7, 11) is 4.14.